The second kappa shape index (κ2) is 11.6. The molecule has 1 heterocycles. The molecule has 8 aromatic rings. The number of allylic oxidation sites excluding steroid dienone is 4. The number of hydrogen-bond donors (Lipinski definition) is 0. The quantitative estimate of drug-likeness (QED) is 0.180. The van der Waals surface area contributed by atoms with Crippen molar-refractivity contribution in [1.82, 2.24) is 0 Å². The van der Waals surface area contributed by atoms with Crippen molar-refractivity contribution in [1.29, 1.82) is 0 Å². The van der Waals surface area contributed by atoms with E-state index in [0.29, 0.717) is 0 Å². The molecule has 11 rings (SSSR count). The van der Waals surface area contributed by atoms with Gasteiger partial charge in [0.05, 0.1) is 11.1 Å². The van der Waals surface area contributed by atoms with Crippen LogP contribution in [0.3, 0.4) is 0 Å². The molecule has 3 aliphatic rings. The van der Waals surface area contributed by atoms with E-state index in [1.54, 1.807) is 0 Å². The van der Waals surface area contributed by atoms with Crippen molar-refractivity contribution in [3.05, 3.63) is 203 Å². The molecule has 0 radical (unpaired) electrons. The lowest BCUT2D eigenvalue weighted by atomic mass is 9.71. The van der Waals surface area contributed by atoms with E-state index in [-0.39, 0.29) is 5.41 Å². The molecule has 0 spiro atoms. The fraction of sp³-hybridized carbons (Fsp3) is 0.0980. The summed E-state index contributed by atoms with van der Waals surface area (Å²) in [7, 11) is 0. The normalized spacial score (nSPS) is 16.8. The van der Waals surface area contributed by atoms with E-state index >= 15 is 0 Å². The largest absolute Gasteiger partial charge is 0.456 e. The van der Waals surface area contributed by atoms with E-state index in [1.807, 2.05) is 0 Å². The molecule has 1 unspecified atom stereocenters. The Balaban J connectivity index is 1.16. The third-order valence-electron chi connectivity index (χ3n) is 12.1. The monoisotopic (exact) mass is 679 g/mol. The van der Waals surface area contributed by atoms with Crippen LogP contribution in [0.5, 0.6) is 0 Å². The Morgan fingerprint density at radius 3 is 2.19 bits per heavy atom. The minimum atomic E-state index is -0.317. The lowest BCUT2D eigenvalue weighted by molar-refractivity contribution is 0.617. The van der Waals surface area contributed by atoms with Gasteiger partial charge in [0.1, 0.15) is 11.2 Å². The Kier molecular flexibility index (Phi) is 6.60. The van der Waals surface area contributed by atoms with Gasteiger partial charge in [-0.25, -0.2) is 0 Å². The lowest BCUT2D eigenvalue weighted by Gasteiger charge is -2.33. The van der Waals surface area contributed by atoms with Gasteiger partial charge in [0.15, 0.2) is 0 Å². The second-order valence-corrected chi connectivity index (χ2v) is 14.9. The van der Waals surface area contributed by atoms with Gasteiger partial charge in [0.25, 0.3) is 0 Å². The van der Waals surface area contributed by atoms with Gasteiger partial charge < -0.3 is 9.32 Å². The Labute approximate surface area is 310 Å². The van der Waals surface area contributed by atoms with Gasteiger partial charge in [-0.15, -0.1) is 0 Å². The van der Waals surface area contributed by atoms with Gasteiger partial charge in [0, 0.05) is 27.7 Å². The van der Waals surface area contributed by atoms with E-state index in [4.69, 9.17) is 4.42 Å². The topological polar surface area (TPSA) is 16.4 Å². The molecule has 3 aliphatic carbocycles. The van der Waals surface area contributed by atoms with Crippen molar-refractivity contribution in [2.24, 2.45) is 0 Å². The summed E-state index contributed by atoms with van der Waals surface area (Å²) in [6, 6.07) is 57.8. The van der Waals surface area contributed by atoms with E-state index in [2.05, 4.69) is 182 Å². The highest BCUT2D eigenvalue weighted by Gasteiger charge is 2.44. The summed E-state index contributed by atoms with van der Waals surface area (Å²) in [5, 5.41) is 2.28. The number of hydrogen-bond acceptors (Lipinski definition) is 2. The van der Waals surface area contributed by atoms with Crippen molar-refractivity contribution in [2.45, 2.75) is 31.6 Å². The standard InChI is InChI=1S/C51H37NO/c1-51(44-20-10-7-17-41(44)42-18-8-11-21-45(42)51)46-29-30-47(49-43-19-9-12-22-48(43)53-50(46)49)52(37-25-23-34(24-26-37)33-13-3-2-4-14-33)38-27-28-40-36(32-38)31-35-15-5-6-16-39(35)40/h2-10,12-20,22-30,32H,11,21,31H2,1H3. The minimum Gasteiger partial charge on any atom is -0.456 e. The molecule has 0 aliphatic heterocycles. The molecular formula is C51H37NO. The van der Waals surface area contributed by atoms with Crippen molar-refractivity contribution in [2.75, 3.05) is 4.90 Å². The van der Waals surface area contributed by atoms with Crippen LogP contribution in [0.25, 0.3) is 49.8 Å². The summed E-state index contributed by atoms with van der Waals surface area (Å²) in [5.41, 5.74) is 19.6. The molecule has 1 aromatic heterocycles. The van der Waals surface area contributed by atoms with Crippen LogP contribution in [0.2, 0.25) is 0 Å². The summed E-state index contributed by atoms with van der Waals surface area (Å²) >= 11 is 0. The van der Waals surface area contributed by atoms with Crippen LogP contribution in [-0.4, -0.2) is 0 Å². The number of furan rings is 1. The predicted molar refractivity (Wildman–Crippen MR) is 220 cm³/mol. The van der Waals surface area contributed by atoms with Crippen LogP contribution >= 0.6 is 0 Å². The number of para-hydroxylation sites is 1. The maximum Gasteiger partial charge on any atom is 0.141 e. The Hall–Kier alpha value is -6.38. The number of benzene rings is 7. The Morgan fingerprint density at radius 2 is 1.30 bits per heavy atom. The average molecular weight is 680 g/mol. The maximum atomic E-state index is 7.04. The summed E-state index contributed by atoms with van der Waals surface area (Å²) < 4.78 is 7.04. The van der Waals surface area contributed by atoms with Crippen LogP contribution < -0.4 is 4.90 Å². The first kappa shape index (κ1) is 30.3. The molecule has 0 amide bonds. The van der Waals surface area contributed by atoms with Crippen LogP contribution in [-0.2, 0) is 11.8 Å². The Bertz CT molecular complexity index is 2820. The van der Waals surface area contributed by atoms with Crippen LogP contribution in [0.4, 0.5) is 17.1 Å². The summed E-state index contributed by atoms with van der Waals surface area (Å²) in [6.07, 6.45) is 7.71. The van der Waals surface area contributed by atoms with E-state index in [0.717, 1.165) is 58.3 Å². The zero-order chi connectivity index (χ0) is 35.1. The van der Waals surface area contributed by atoms with E-state index in [1.165, 1.54) is 61.2 Å². The number of anilines is 3. The highest BCUT2D eigenvalue weighted by Crippen LogP contribution is 2.57. The predicted octanol–water partition coefficient (Wildman–Crippen LogP) is 13.7. The first-order chi connectivity index (χ1) is 26.2. The smallest absolute Gasteiger partial charge is 0.141 e. The summed E-state index contributed by atoms with van der Waals surface area (Å²) in [6.45, 7) is 2.42. The van der Waals surface area contributed by atoms with Crippen molar-refractivity contribution >= 4 is 44.6 Å². The molecule has 53 heavy (non-hydrogen) atoms. The third kappa shape index (κ3) is 4.45. The van der Waals surface area contributed by atoms with Crippen molar-refractivity contribution < 1.29 is 4.42 Å². The van der Waals surface area contributed by atoms with Gasteiger partial charge in [-0.05, 0) is 118 Å². The molecule has 2 nitrogen and oxygen atoms in total. The molecule has 0 saturated heterocycles. The van der Waals surface area contributed by atoms with Crippen molar-refractivity contribution in [3.63, 3.8) is 0 Å². The van der Waals surface area contributed by atoms with Crippen molar-refractivity contribution in [3.8, 4) is 22.3 Å². The average Bonchev–Trinajstić information content (AvgIpc) is 3.87. The van der Waals surface area contributed by atoms with Gasteiger partial charge in [0.2, 0.25) is 0 Å². The molecule has 1 atom stereocenters. The number of nitrogens with zero attached hydrogens (tertiary/aromatic N) is 1. The summed E-state index contributed by atoms with van der Waals surface area (Å²) in [5.74, 6) is 0. The van der Waals surface area contributed by atoms with Crippen LogP contribution in [0.1, 0.15) is 47.6 Å². The molecule has 0 fully saturated rings. The SMILES string of the molecule is CC1(c2ccc(N(c3ccc(-c4ccccc4)cc3)c3ccc4c(c3)Cc3ccccc3-4)c3c2oc2ccccc23)C2=C(C=CCC2)c2ccccc21. The van der Waals surface area contributed by atoms with Crippen LogP contribution in [0.15, 0.2) is 180 Å². The molecule has 7 aromatic carbocycles. The van der Waals surface area contributed by atoms with Gasteiger partial charge in [-0.3, -0.25) is 0 Å². The molecule has 2 heteroatoms. The first-order valence-electron chi connectivity index (χ1n) is 18.8. The Morgan fingerprint density at radius 1 is 0.585 bits per heavy atom. The molecule has 252 valence electrons. The molecule has 0 saturated carbocycles. The molecule has 0 N–H and O–H groups in total. The summed E-state index contributed by atoms with van der Waals surface area (Å²) in [4.78, 5) is 2.45. The number of rotatable bonds is 5. The maximum absolute atomic E-state index is 7.04. The van der Waals surface area contributed by atoms with E-state index < -0.39 is 0 Å². The van der Waals surface area contributed by atoms with Gasteiger partial charge in [-0.1, -0.05) is 133 Å². The van der Waals surface area contributed by atoms with Crippen LogP contribution in [0, 0.1) is 0 Å². The fourth-order valence-electron chi connectivity index (χ4n) is 9.58. The zero-order valence-electron chi connectivity index (χ0n) is 29.6. The first-order valence-corrected chi connectivity index (χ1v) is 18.8. The zero-order valence-corrected chi connectivity index (χ0v) is 29.6. The third-order valence-corrected chi connectivity index (χ3v) is 12.1. The van der Waals surface area contributed by atoms with Gasteiger partial charge in [-0.2, -0.15) is 0 Å². The molecule has 0 bridgehead atoms. The minimum absolute atomic E-state index is 0.317. The van der Waals surface area contributed by atoms with E-state index in [9.17, 15) is 0 Å². The fourth-order valence-corrected chi connectivity index (χ4v) is 9.58. The van der Waals surface area contributed by atoms with Gasteiger partial charge >= 0.3 is 0 Å². The lowest BCUT2D eigenvalue weighted by Crippen LogP contribution is -2.25. The highest BCUT2D eigenvalue weighted by molar-refractivity contribution is 6.15. The second-order valence-electron chi connectivity index (χ2n) is 14.9. The number of fused-ring (bicyclic) bond motifs is 8. The molecular weight excluding hydrogens is 643 g/mol. The highest BCUT2D eigenvalue weighted by atomic mass is 16.3.